The van der Waals surface area contributed by atoms with Gasteiger partial charge in [0, 0.05) is 29.2 Å². The van der Waals surface area contributed by atoms with Gasteiger partial charge in [0.25, 0.3) is 0 Å². The Kier molecular flexibility index (Phi) is 4.85. The lowest BCUT2D eigenvalue weighted by Gasteiger charge is -2.37. The molecule has 30 heavy (non-hydrogen) atoms. The second-order valence-corrected chi connectivity index (χ2v) is 8.26. The minimum absolute atomic E-state index is 0.0434. The highest BCUT2D eigenvalue weighted by atomic mass is 19.1. The number of aromatic amines is 1. The molecule has 1 aliphatic carbocycles. The number of fused-ring (bicyclic) bond motifs is 3. The van der Waals surface area contributed by atoms with Crippen LogP contribution in [0.25, 0.3) is 10.9 Å². The summed E-state index contributed by atoms with van der Waals surface area (Å²) in [6, 6.07) is 12.4. The summed E-state index contributed by atoms with van der Waals surface area (Å²) < 4.78 is 19.0. The zero-order valence-corrected chi connectivity index (χ0v) is 17.1. The summed E-state index contributed by atoms with van der Waals surface area (Å²) in [5, 5.41) is 4.34. The van der Waals surface area contributed by atoms with E-state index in [1.807, 2.05) is 23.1 Å². The third kappa shape index (κ3) is 3.30. The van der Waals surface area contributed by atoms with E-state index < -0.39 is 0 Å². The molecular weight excluding hydrogens is 381 g/mol. The minimum atomic E-state index is -0.283. The molecule has 1 saturated carbocycles. The number of nitrogens with one attached hydrogen (secondary N) is 2. The van der Waals surface area contributed by atoms with Crippen molar-refractivity contribution in [3.05, 3.63) is 65.1 Å². The molecule has 1 aromatic heterocycles. The predicted molar refractivity (Wildman–Crippen MR) is 114 cm³/mol. The van der Waals surface area contributed by atoms with E-state index in [1.165, 1.54) is 30.5 Å². The first-order valence-corrected chi connectivity index (χ1v) is 10.6. The number of hydrogen-bond acceptors (Lipinski definition) is 2. The summed E-state index contributed by atoms with van der Waals surface area (Å²) in [5.41, 5.74) is 4.12. The molecule has 2 aliphatic rings. The van der Waals surface area contributed by atoms with E-state index in [0.717, 1.165) is 47.2 Å². The van der Waals surface area contributed by atoms with Crippen LogP contribution in [0.4, 0.5) is 9.18 Å². The Morgan fingerprint density at radius 3 is 2.67 bits per heavy atom. The number of carbonyl (C=O) groups is 1. The number of amides is 2. The van der Waals surface area contributed by atoms with Crippen LogP contribution in [-0.2, 0) is 6.42 Å². The molecule has 5 nitrogen and oxygen atoms in total. The van der Waals surface area contributed by atoms with Crippen molar-refractivity contribution < 1.29 is 13.9 Å². The Balaban J connectivity index is 1.57. The summed E-state index contributed by atoms with van der Waals surface area (Å²) in [6.07, 6.45) is 5.18. The van der Waals surface area contributed by atoms with Crippen LogP contribution < -0.4 is 10.1 Å². The lowest BCUT2D eigenvalue weighted by molar-refractivity contribution is 0.175. The molecule has 2 heterocycles. The normalized spacial score (nSPS) is 19.1. The second-order valence-electron chi connectivity index (χ2n) is 8.26. The van der Waals surface area contributed by atoms with Gasteiger partial charge < -0.3 is 19.9 Å². The number of aromatic nitrogens is 1. The van der Waals surface area contributed by atoms with Crippen LogP contribution in [0.15, 0.2) is 42.5 Å². The van der Waals surface area contributed by atoms with E-state index in [9.17, 15) is 9.18 Å². The summed E-state index contributed by atoms with van der Waals surface area (Å²) >= 11 is 0. The number of benzene rings is 2. The van der Waals surface area contributed by atoms with Crippen molar-refractivity contribution in [1.29, 1.82) is 0 Å². The Morgan fingerprint density at radius 1 is 1.17 bits per heavy atom. The molecule has 156 valence electrons. The van der Waals surface area contributed by atoms with Crippen LogP contribution in [0.1, 0.15) is 48.5 Å². The number of methoxy groups -OCH3 is 1. The number of carbonyl (C=O) groups excluding carboxylic acids is 1. The van der Waals surface area contributed by atoms with Crippen molar-refractivity contribution in [1.82, 2.24) is 15.2 Å². The third-order valence-corrected chi connectivity index (χ3v) is 6.46. The van der Waals surface area contributed by atoms with Crippen LogP contribution in [0.5, 0.6) is 5.75 Å². The van der Waals surface area contributed by atoms with Gasteiger partial charge in [0.05, 0.1) is 13.2 Å². The van der Waals surface area contributed by atoms with Crippen LogP contribution >= 0.6 is 0 Å². The van der Waals surface area contributed by atoms with E-state index in [-0.39, 0.29) is 23.9 Å². The van der Waals surface area contributed by atoms with Gasteiger partial charge in [0.2, 0.25) is 0 Å². The maximum Gasteiger partial charge on any atom is 0.318 e. The lowest BCUT2D eigenvalue weighted by atomic mass is 9.92. The summed E-state index contributed by atoms with van der Waals surface area (Å²) in [6.45, 7) is 0.609. The molecule has 1 fully saturated rings. The third-order valence-electron chi connectivity index (χ3n) is 6.46. The van der Waals surface area contributed by atoms with Gasteiger partial charge in [-0.1, -0.05) is 25.0 Å². The highest BCUT2D eigenvalue weighted by Gasteiger charge is 2.35. The standard InChI is InChI=1S/C24H26FN3O2/c1-30-18-10-11-21-20(14-18)19-12-13-28(24(29)26-17-4-2-3-5-17)23(22(19)27-21)15-6-8-16(25)9-7-15/h6-11,14,17,23,27H,2-5,12-13H2,1H3,(H,26,29)/t23-/m0/s1. The molecule has 1 atom stereocenters. The fourth-order valence-corrected chi connectivity index (χ4v) is 4.93. The number of halogens is 1. The first-order chi connectivity index (χ1) is 14.6. The number of ether oxygens (including phenoxy) is 1. The second kappa shape index (κ2) is 7.67. The molecule has 2 aromatic carbocycles. The van der Waals surface area contributed by atoms with E-state index in [1.54, 1.807) is 19.2 Å². The Morgan fingerprint density at radius 2 is 1.93 bits per heavy atom. The van der Waals surface area contributed by atoms with Crippen LogP contribution in [0.2, 0.25) is 0 Å². The quantitative estimate of drug-likeness (QED) is 0.648. The Labute approximate surface area is 175 Å². The van der Waals surface area contributed by atoms with Gasteiger partial charge in [0.15, 0.2) is 0 Å². The van der Waals surface area contributed by atoms with Gasteiger partial charge in [-0.3, -0.25) is 0 Å². The van der Waals surface area contributed by atoms with Crippen molar-refractivity contribution in [3.63, 3.8) is 0 Å². The van der Waals surface area contributed by atoms with E-state index in [2.05, 4.69) is 10.3 Å². The maximum absolute atomic E-state index is 13.6. The molecule has 1 aliphatic heterocycles. The monoisotopic (exact) mass is 407 g/mol. The van der Waals surface area contributed by atoms with Crippen molar-refractivity contribution in [2.75, 3.05) is 13.7 Å². The first-order valence-electron chi connectivity index (χ1n) is 10.6. The van der Waals surface area contributed by atoms with Gasteiger partial charge in [-0.2, -0.15) is 0 Å². The van der Waals surface area contributed by atoms with Gasteiger partial charge >= 0.3 is 6.03 Å². The molecule has 5 rings (SSSR count). The zero-order valence-electron chi connectivity index (χ0n) is 17.1. The Bertz CT molecular complexity index is 1070. The average molecular weight is 407 g/mol. The average Bonchev–Trinajstić information content (AvgIpc) is 3.40. The van der Waals surface area contributed by atoms with E-state index in [0.29, 0.717) is 6.54 Å². The highest BCUT2D eigenvalue weighted by molar-refractivity contribution is 5.87. The smallest absolute Gasteiger partial charge is 0.318 e. The first kappa shape index (κ1) is 19.0. The SMILES string of the molecule is COc1ccc2[nH]c3c(c2c1)CCN(C(=O)NC1CCCC1)[C@H]3c1ccc(F)cc1. The maximum atomic E-state index is 13.6. The molecular formula is C24H26FN3O2. The van der Waals surface area contributed by atoms with Crippen molar-refractivity contribution in [2.24, 2.45) is 0 Å². The molecule has 2 N–H and O–H groups in total. The molecule has 6 heteroatoms. The van der Waals surface area contributed by atoms with Crippen LogP contribution in [0.3, 0.4) is 0 Å². The van der Waals surface area contributed by atoms with Gasteiger partial charge in [-0.05, 0) is 60.7 Å². The summed E-state index contributed by atoms with van der Waals surface area (Å²) in [4.78, 5) is 18.7. The molecule has 0 bridgehead atoms. The molecule has 0 unspecified atom stereocenters. The molecule has 0 spiro atoms. The Hall–Kier alpha value is -3.02. The molecule has 3 aromatic rings. The lowest BCUT2D eigenvalue weighted by Crippen LogP contribution is -2.48. The molecule has 0 radical (unpaired) electrons. The highest BCUT2D eigenvalue weighted by Crippen LogP contribution is 2.39. The predicted octanol–water partition coefficient (Wildman–Crippen LogP) is 4.92. The van der Waals surface area contributed by atoms with Crippen molar-refractivity contribution in [3.8, 4) is 5.75 Å². The van der Waals surface area contributed by atoms with Crippen LogP contribution in [-0.4, -0.2) is 35.6 Å². The number of nitrogens with zero attached hydrogens (tertiary/aromatic N) is 1. The fourth-order valence-electron chi connectivity index (χ4n) is 4.93. The van der Waals surface area contributed by atoms with Crippen LogP contribution in [0, 0.1) is 5.82 Å². The van der Waals surface area contributed by atoms with Gasteiger partial charge in [-0.25, -0.2) is 9.18 Å². The fraction of sp³-hybridized carbons (Fsp3) is 0.375. The van der Waals surface area contributed by atoms with E-state index in [4.69, 9.17) is 4.74 Å². The summed E-state index contributed by atoms with van der Waals surface area (Å²) in [7, 11) is 1.66. The summed E-state index contributed by atoms with van der Waals surface area (Å²) in [5.74, 6) is 0.530. The number of H-pyrrole nitrogens is 1. The van der Waals surface area contributed by atoms with Crippen molar-refractivity contribution >= 4 is 16.9 Å². The number of urea groups is 1. The molecule has 0 saturated heterocycles. The largest absolute Gasteiger partial charge is 0.497 e. The van der Waals surface area contributed by atoms with E-state index >= 15 is 0 Å². The number of rotatable bonds is 3. The van der Waals surface area contributed by atoms with Crippen molar-refractivity contribution in [2.45, 2.75) is 44.2 Å². The molecule has 2 amide bonds. The topological polar surface area (TPSA) is 57.4 Å². The zero-order chi connectivity index (χ0) is 20.7. The minimum Gasteiger partial charge on any atom is -0.497 e. The van der Waals surface area contributed by atoms with Gasteiger partial charge in [-0.15, -0.1) is 0 Å². The number of hydrogen-bond donors (Lipinski definition) is 2. The van der Waals surface area contributed by atoms with Gasteiger partial charge in [0.1, 0.15) is 11.6 Å².